The first-order chi connectivity index (χ1) is 11.4. The van der Waals surface area contributed by atoms with Gasteiger partial charge in [0.1, 0.15) is 11.8 Å². The van der Waals surface area contributed by atoms with E-state index in [1.165, 1.54) is 31.4 Å². The van der Waals surface area contributed by atoms with Gasteiger partial charge >= 0.3 is 5.97 Å². The summed E-state index contributed by atoms with van der Waals surface area (Å²) in [7, 11) is 1.30. The minimum Gasteiger partial charge on any atom is -0.508 e. The zero-order valence-corrected chi connectivity index (χ0v) is 14.0. The number of aryl methyl sites for hydroxylation is 2. The van der Waals surface area contributed by atoms with Crippen LogP contribution in [0.5, 0.6) is 5.75 Å². The minimum absolute atomic E-state index is 0.0756. The Kier molecular flexibility index (Phi) is 5.58. The molecule has 0 radical (unpaired) electrons. The third-order valence-electron chi connectivity index (χ3n) is 3.97. The Bertz CT molecular complexity index is 717. The van der Waals surface area contributed by atoms with E-state index in [4.69, 9.17) is 4.74 Å². The van der Waals surface area contributed by atoms with Crippen molar-refractivity contribution in [2.75, 3.05) is 7.11 Å². The minimum atomic E-state index is -0.781. The lowest BCUT2D eigenvalue weighted by Gasteiger charge is -2.19. The van der Waals surface area contributed by atoms with Gasteiger partial charge in [-0.2, -0.15) is 0 Å². The molecule has 2 aromatic carbocycles. The third kappa shape index (κ3) is 4.13. The van der Waals surface area contributed by atoms with Gasteiger partial charge in [0.2, 0.25) is 0 Å². The Balaban J connectivity index is 2.21. The van der Waals surface area contributed by atoms with E-state index in [2.05, 4.69) is 5.32 Å². The molecule has 2 rings (SSSR count). The van der Waals surface area contributed by atoms with E-state index < -0.39 is 17.9 Å². The van der Waals surface area contributed by atoms with Crippen LogP contribution in [0.1, 0.15) is 27.0 Å². The molecule has 5 nitrogen and oxygen atoms in total. The normalized spacial score (nSPS) is 11.6. The number of esters is 1. The summed E-state index contributed by atoms with van der Waals surface area (Å²) in [5.41, 5.74) is 3.49. The second-order valence-electron chi connectivity index (χ2n) is 5.67. The Morgan fingerprint density at radius 2 is 1.67 bits per heavy atom. The maximum atomic E-state index is 12.3. The Morgan fingerprint density at radius 1 is 1.08 bits per heavy atom. The lowest BCUT2D eigenvalue weighted by atomic mass is 9.96. The molecule has 0 spiro atoms. The highest BCUT2D eigenvalue weighted by molar-refractivity contribution is 5.96. The van der Waals surface area contributed by atoms with Crippen molar-refractivity contribution in [3.63, 3.8) is 0 Å². The highest BCUT2D eigenvalue weighted by Crippen LogP contribution is 2.16. The number of rotatable bonds is 5. The first-order valence-electron chi connectivity index (χ1n) is 7.65. The molecule has 0 heterocycles. The van der Waals surface area contributed by atoms with Crippen LogP contribution in [-0.4, -0.2) is 30.1 Å². The van der Waals surface area contributed by atoms with E-state index >= 15 is 0 Å². The predicted molar refractivity (Wildman–Crippen MR) is 91.0 cm³/mol. The fourth-order valence-electron chi connectivity index (χ4n) is 2.57. The van der Waals surface area contributed by atoms with Crippen molar-refractivity contribution in [1.29, 1.82) is 0 Å². The number of methoxy groups -OCH3 is 1. The first-order valence-corrected chi connectivity index (χ1v) is 7.65. The number of nitrogens with one attached hydrogen (secondary N) is 1. The molecule has 0 aliphatic carbocycles. The number of benzene rings is 2. The van der Waals surface area contributed by atoms with Gasteiger partial charge in [0, 0.05) is 12.0 Å². The molecule has 0 unspecified atom stereocenters. The number of hydrogen-bond donors (Lipinski definition) is 2. The van der Waals surface area contributed by atoms with Crippen molar-refractivity contribution >= 4 is 11.9 Å². The SMILES string of the molecule is COC(=O)[C@@H](Cc1c(C)cccc1C)NC(=O)c1ccc(O)cc1. The summed E-state index contributed by atoms with van der Waals surface area (Å²) in [6.45, 7) is 3.94. The number of amides is 1. The van der Waals surface area contributed by atoms with Gasteiger partial charge < -0.3 is 15.2 Å². The molecule has 1 amide bonds. The first kappa shape index (κ1) is 17.5. The quantitative estimate of drug-likeness (QED) is 0.828. The summed E-state index contributed by atoms with van der Waals surface area (Å²) in [4.78, 5) is 24.4. The fourth-order valence-corrected chi connectivity index (χ4v) is 2.57. The molecule has 0 saturated heterocycles. The predicted octanol–water partition coefficient (Wildman–Crippen LogP) is 2.52. The number of aromatic hydroxyl groups is 1. The molecule has 2 aromatic rings. The highest BCUT2D eigenvalue weighted by atomic mass is 16.5. The van der Waals surface area contributed by atoms with Crippen molar-refractivity contribution in [1.82, 2.24) is 5.32 Å². The topological polar surface area (TPSA) is 75.6 Å². The maximum absolute atomic E-state index is 12.3. The molecule has 0 fully saturated rings. The van der Waals surface area contributed by atoms with Gasteiger partial charge in [-0.15, -0.1) is 0 Å². The largest absolute Gasteiger partial charge is 0.508 e. The molecule has 0 aliphatic heterocycles. The Hall–Kier alpha value is -2.82. The van der Waals surface area contributed by atoms with Crippen LogP contribution >= 0.6 is 0 Å². The monoisotopic (exact) mass is 327 g/mol. The van der Waals surface area contributed by atoms with Crippen molar-refractivity contribution in [2.24, 2.45) is 0 Å². The van der Waals surface area contributed by atoms with Gasteiger partial charge in [0.15, 0.2) is 0 Å². The van der Waals surface area contributed by atoms with E-state index in [9.17, 15) is 14.7 Å². The average Bonchev–Trinajstić information content (AvgIpc) is 2.57. The number of carbonyl (C=O) groups is 2. The summed E-state index contributed by atoms with van der Waals surface area (Å²) in [5, 5.41) is 12.0. The molecule has 0 saturated carbocycles. The number of phenolic OH excluding ortho intramolecular Hbond substituents is 1. The van der Waals surface area contributed by atoms with Crippen LogP contribution in [0.2, 0.25) is 0 Å². The Labute approximate surface area is 141 Å². The number of carbonyl (C=O) groups excluding carboxylic acids is 2. The average molecular weight is 327 g/mol. The zero-order valence-electron chi connectivity index (χ0n) is 14.0. The van der Waals surface area contributed by atoms with E-state index in [-0.39, 0.29) is 5.75 Å². The van der Waals surface area contributed by atoms with Crippen LogP contribution in [0.3, 0.4) is 0 Å². The lowest BCUT2D eigenvalue weighted by Crippen LogP contribution is -2.43. The second-order valence-corrected chi connectivity index (χ2v) is 5.67. The second kappa shape index (κ2) is 7.64. The molecule has 0 bridgehead atoms. The van der Waals surface area contributed by atoms with Crippen molar-refractivity contribution in [2.45, 2.75) is 26.3 Å². The highest BCUT2D eigenvalue weighted by Gasteiger charge is 2.24. The lowest BCUT2D eigenvalue weighted by molar-refractivity contribution is -0.142. The summed E-state index contributed by atoms with van der Waals surface area (Å²) < 4.78 is 4.83. The third-order valence-corrected chi connectivity index (χ3v) is 3.97. The van der Waals surface area contributed by atoms with Crippen LogP contribution in [0.4, 0.5) is 0 Å². The molecule has 126 valence electrons. The summed E-state index contributed by atoms with van der Waals surface area (Å²) >= 11 is 0. The molecular formula is C19H21NO4. The van der Waals surface area contributed by atoms with Crippen LogP contribution in [0.25, 0.3) is 0 Å². The van der Waals surface area contributed by atoms with Gasteiger partial charge in [-0.1, -0.05) is 18.2 Å². The molecule has 1 atom stereocenters. The van der Waals surface area contributed by atoms with Crippen LogP contribution in [-0.2, 0) is 16.0 Å². The molecular weight excluding hydrogens is 306 g/mol. The summed E-state index contributed by atoms with van der Waals surface area (Å²) in [6.07, 6.45) is 0.356. The number of phenols is 1. The summed E-state index contributed by atoms with van der Waals surface area (Å²) in [5.74, 6) is -0.812. The molecule has 24 heavy (non-hydrogen) atoms. The standard InChI is InChI=1S/C19H21NO4/c1-12-5-4-6-13(2)16(12)11-17(19(23)24-3)20-18(22)14-7-9-15(21)10-8-14/h4-10,17,21H,11H2,1-3H3,(H,20,22)/t17-/m1/s1. The number of hydrogen-bond acceptors (Lipinski definition) is 4. The van der Waals surface area contributed by atoms with Crippen molar-refractivity contribution in [3.8, 4) is 5.75 Å². The zero-order chi connectivity index (χ0) is 17.7. The smallest absolute Gasteiger partial charge is 0.328 e. The molecule has 2 N–H and O–H groups in total. The van der Waals surface area contributed by atoms with Gasteiger partial charge in [-0.3, -0.25) is 4.79 Å². The van der Waals surface area contributed by atoms with E-state index in [1.54, 1.807) is 0 Å². The Morgan fingerprint density at radius 3 is 2.21 bits per heavy atom. The van der Waals surface area contributed by atoms with Gasteiger partial charge in [0.05, 0.1) is 7.11 Å². The van der Waals surface area contributed by atoms with Crippen LogP contribution in [0.15, 0.2) is 42.5 Å². The fraction of sp³-hybridized carbons (Fsp3) is 0.263. The van der Waals surface area contributed by atoms with E-state index in [0.29, 0.717) is 12.0 Å². The molecule has 5 heteroatoms. The van der Waals surface area contributed by atoms with Crippen molar-refractivity contribution < 1.29 is 19.4 Å². The molecule has 0 aromatic heterocycles. The van der Waals surface area contributed by atoms with E-state index in [1.807, 2.05) is 32.0 Å². The number of ether oxygens (including phenoxy) is 1. The van der Waals surface area contributed by atoms with Gasteiger partial charge in [-0.05, 0) is 54.8 Å². The van der Waals surface area contributed by atoms with Crippen LogP contribution < -0.4 is 5.32 Å². The van der Waals surface area contributed by atoms with Gasteiger partial charge in [0.25, 0.3) is 5.91 Å². The maximum Gasteiger partial charge on any atom is 0.328 e. The van der Waals surface area contributed by atoms with Crippen molar-refractivity contribution in [3.05, 3.63) is 64.7 Å². The van der Waals surface area contributed by atoms with Gasteiger partial charge in [-0.25, -0.2) is 4.79 Å². The molecule has 0 aliphatic rings. The summed E-state index contributed by atoms with van der Waals surface area (Å²) in [6, 6.07) is 11.0. The van der Waals surface area contributed by atoms with Crippen LogP contribution in [0, 0.1) is 13.8 Å². The van der Waals surface area contributed by atoms with E-state index in [0.717, 1.165) is 16.7 Å².